The number of ether oxygens (including phenoxy) is 4. The standard InChI is InChI=1S/C53H66N10O18S2/c1-63(2,3)39(50(70)59-30-13-10-28(11-14-30)20-23-78-52-43(67)42(66)41(65)40(27-64)79-52)9-4-6-21-57-49(69)38(56)8-5-7-22-62-26-31(60-61-62)25-58-48(68)29-12-15-32-35(24-29)53(81-51(32)71)33-16-18-36(54)46(82(72,73)74)44(33)80-45-34(53)17-19-37(55)47(45)83(75,76)77/h10-19,24,26,38-43,52,64-67H,4-9,20-23,25,27,54-56H2,1-3H3,(H4-,57,58,59,68,69,70,72,73,74,75,76,77)/p+1/t38-,39-,40+,41+,42-,43+,52+/m0/s1. The van der Waals surface area contributed by atoms with Gasteiger partial charge in [0.1, 0.15) is 30.1 Å². The van der Waals surface area contributed by atoms with Crippen LogP contribution in [0.4, 0.5) is 17.1 Å². The van der Waals surface area contributed by atoms with Gasteiger partial charge in [-0.25, -0.2) is 4.79 Å². The molecule has 1 fully saturated rings. The van der Waals surface area contributed by atoms with E-state index in [-0.39, 0.29) is 52.8 Å². The van der Waals surface area contributed by atoms with E-state index in [1.165, 1.54) is 30.3 Å². The lowest BCUT2D eigenvalue weighted by atomic mass is 9.77. The molecular weight excluding hydrogens is 1130 g/mol. The Hall–Kier alpha value is -7.20. The molecule has 15 N–H and O–H groups in total. The molecule has 1 aromatic heterocycles. The van der Waals surface area contributed by atoms with Crippen molar-refractivity contribution in [2.24, 2.45) is 5.73 Å². The van der Waals surface area contributed by atoms with E-state index < -0.39 is 120 Å². The topological polar surface area (TPSA) is 440 Å². The third-order valence-corrected chi connectivity index (χ3v) is 16.5. The molecule has 0 aliphatic carbocycles. The maximum Gasteiger partial charge on any atom is 0.340 e. The number of aryl methyl sites for hydroxylation is 1. The number of aromatic nitrogens is 3. The largest absolute Gasteiger partial charge is 0.453 e. The molecule has 28 nitrogen and oxygen atoms in total. The van der Waals surface area contributed by atoms with E-state index in [9.17, 15) is 65.5 Å². The first-order chi connectivity index (χ1) is 39.1. The number of carbonyl (C=O) groups is 4. The van der Waals surface area contributed by atoms with Crippen molar-refractivity contribution in [2.75, 3.05) is 57.7 Å². The lowest BCUT2D eigenvalue weighted by molar-refractivity contribution is -0.886. The van der Waals surface area contributed by atoms with Gasteiger partial charge < -0.3 is 77.0 Å². The van der Waals surface area contributed by atoms with Gasteiger partial charge in [-0.05, 0) is 98.7 Å². The van der Waals surface area contributed by atoms with Crippen LogP contribution in [0.1, 0.15) is 87.2 Å². The average molecular weight is 1200 g/mol. The monoisotopic (exact) mass is 1200 g/mol. The number of nitrogens with zero attached hydrogens (tertiary/aromatic N) is 4. The van der Waals surface area contributed by atoms with Crippen molar-refractivity contribution in [3.05, 3.63) is 112 Å². The van der Waals surface area contributed by atoms with Gasteiger partial charge in [-0.15, -0.1) is 5.10 Å². The molecule has 4 aromatic carbocycles. The normalized spacial score (nSPS) is 19.8. The average Bonchev–Trinajstić information content (AvgIpc) is 1.74. The molecule has 1 spiro atoms. The Kier molecular flexibility index (Phi) is 18.6. The molecule has 0 saturated carbocycles. The molecule has 4 heterocycles. The number of aliphatic hydroxyl groups is 4. The number of hydrogen-bond donors (Lipinski definition) is 12. The molecule has 0 radical (unpaired) electrons. The number of esters is 1. The van der Waals surface area contributed by atoms with Crippen LogP contribution in [0.2, 0.25) is 0 Å². The molecule has 448 valence electrons. The van der Waals surface area contributed by atoms with Crippen molar-refractivity contribution >= 4 is 61.0 Å². The SMILES string of the molecule is C[N+](C)(C)[C@@H](CCCCNC(=O)[C@@H](N)CCCCn1cc(CNC(=O)c2ccc3c(c2)C2(OC3=O)c3ccc(N)c(S(=O)(=O)O)c3Oc3c2ccc(N)c3S(=O)(=O)O)nn1)C(=O)Nc1ccc(CCO[C@@H]2O[C@H](CO)[C@@H](O)[C@H](O)[C@H]2O)cc1. The van der Waals surface area contributed by atoms with Crippen molar-refractivity contribution in [2.45, 2.75) is 116 Å². The number of hydrogen-bond acceptors (Lipinski definition) is 21. The molecule has 8 rings (SSSR count). The highest BCUT2D eigenvalue weighted by molar-refractivity contribution is 7.86. The summed E-state index contributed by atoms with van der Waals surface area (Å²) in [5, 5.41) is 56.4. The Bertz CT molecular complexity index is 3400. The number of rotatable bonds is 24. The second-order valence-corrected chi connectivity index (χ2v) is 24.0. The summed E-state index contributed by atoms with van der Waals surface area (Å²) in [4.78, 5) is 51.7. The number of benzene rings is 4. The van der Waals surface area contributed by atoms with Crippen molar-refractivity contribution < 1.29 is 89.0 Å². The predicted octanol–water partition coefficient (Wildman–Crippen LogP) is 0.291. The molecule has 3 aliphatic heterocycles. The summed E-state index contributed by atoms with van der Waals surface area (Å²) in [6.07, 6.45) is -1.42. The van der Waals surface area contributed by atoms with E-state index >= 15 is 0 Å². The zero-order valence-corrected chi connectivity index (χ0v) is 47.0. The summed E-state index contributed by atoms with van der Waals surface area (Å²) >= 11 is 0. The quantitative estimate of drug-likeness (QED) is 0.0130. The van der Waals surface area contributed by atoms with E-state index in [0.29, 0.717) is 73.9 Å². The number of amides is 3. The number of nitrogens with two attached hydrogens (primary N) is 3. The summed E-state index contributed by atoms with van der Waals surface area (Å²) in [6, 6.07) is 14.6. The van der Waals surface area contributed by atoms with Gasteiger partial charge in [0.2, 0.25) is 5.91 Å². The van der Waals surface area contributed by atoms with Crippen LogP contribution >= 0.6 is 0 Å². The third kappa shape index (κ3) is 13.4. The number of unbranched alkanes of at least 4 members (excludes halogenated alkanes) is 2. The van der Waals surface area contributed by atoms with Gasteiger partial charge in [0.15, 0.2) is 39.2 Å². The smallest absolute Gasteiger partial charge is 0.340 e. The van der Waals surface area contributed by atoms with Gasteiger partial charge in [0, 0.05) is 47.5 Å². The number of anilines is 3. The minimum absolute atomic E-state index is 0.0304. The number of likely N-dealkylation sites (N-methyl/N-ethyl adjacent to an activating group) is 1. The van der Waals surface area contributed by atoms with E-state index in [1.54, 1.807) is 23.0 Å². The van der Waals surface area contributed by atoms with Gasteiger partial charge >= 0.3 is 5.97 Å². The minimum atomic E-state index is -5.22. The molecule has 3 amide bonds. The number of fused-ring (bicyclic) bond motifs is 6. The minimum Gasteiger partial charge on any atom is -0.453 e. The fourth-order valence-corrected chi connectivity index (χ4v) is 11.7. The number of aliphatic hydroxyl groups excluding tert-OH is 4. The Morgan fingerprint density at radius 1 is 0.807 bits per heavy atom. The first kappa shape index (κ1) is 61.9. The Balaban J connectivity index is 0.779. The lowest BCUT2D eigenvalue weighted by Gasteiger charge is -2.39. The molecule has 1 saturated heterocycles. The van der Waals surface area contributed by atoms with E-state index in [4.69, 9.17) is 36.1 Å². The molecule has 0 bridgehead atoms. The Morgan fingerprint density at radius 3 is 2.06 bits per heavy atom. The fraction of sp³-hybridized carbons (Fsp3) is 0.434. The molecule has 7 atom stereocenters. The summed E-state index contributed by atoms with van der Waals surface area (Å²) in [5.74, 6) is -3.57. The zero-order valence-electron chi connectivity index (χ0n) is 45.4. The molecule has 83 heavy (non-hydrogen) atoms. The van der Waals surface area contributed by atoms with Crippen LogP contribution < -0.4 is 37.9 Å². The summed E-state index contributed by atoms with van der Waals surface area (Å²) in [5.41, 5.74) is 16.1. The predicted molar refractivity (Wildman–Crippen MR) is 293 cm³/mol. The van der Waals surface area contributed by atoms with Crippen molar-refractivity contribution in [1.29, 1.82) is 0 Å². The van der Waals surface area contributed by atoms with E-state index in [1.807, 2.05) is 33.3 Å². The third-order valence-electron chi connectivity index (χ3n) is 14.6. The van der Waals surface area contributed by atoms with Crippen molar-refractivity contribution in [1.82, 2.24) is 25.6 Å². The molecule has 0 unspecified atom stereocenters. The van der Waals surface area contributed by atoms with E-state index in [2.05, 4.69) is 26.3 Å². The number of quaternary nitrogens is 1. The summed E-state index contributed by atoms with van der Waals surface area (Å²) in [7, 11) is -4.64. The van der Waals surface area contributed by atoms with Gasteiger partial charge in [-0.2, -0.15) is 16.8 Å². The second-order valence-electron chi connectivity index (χ2n) is 21.3. The number of carbonyl (C=O) groups excluding carboxylic acids is 4. The Morgan fingerprint density at radius 2 is 1.45 bits per heavy atom. The highest BCUT2D eigenvalue weighted by Crippen LogP contribution is 2.60. The van der Waals surface area contributed by atoms with Crippen LogP contribution in [-0.4, -0.2) is 173 Å². The maximum atomic E-state index is 13.7. The zero-order chi connectivity index (χ0) is 60.3. The van der Waals surface area contributed by atoms with Crippen LogP contribution in [0.15, 0.2) is 82.7 Å². The molecule has 5 aromatic rings. The van der Waals surface area contributed by atoms with Gasteiger partial charge in [0.05, 0.1) is 70.1 Å². The van der Waals surface area contributed by atoms with Gasteiger partial charge in [0.25, 0.3) is 32.1 Å². The van der Waals surface area contributed by atoms with E-state index in [0.717, 1.165) is 17.7 Å². The van der Waals surface area contributed by atoms with Crippen LogP contribution in [-0.2, 0) is 69.1 Å². The van der Waals surface area contributed by atoms with Crippen LogP contribution in [0.3, 0.4) is 0 Å². The second kappa shape index (κ2) is 24.9. The fourth-order valence-electron chi connectivity index (χ4n) is 10.2. The lowest BCUT2D eigenvalue weighted by Crippen LogP contribution is -2.59. The molecule has 3 aliphatic rings. The summed E-state index contributed by atoms with van der Waals surface area (Å²) < 4.78 is 96.0. The highest BCUT2D eigenvalue weighted by Gasteiger charge is 2.56. The van der Waals surface area contributed by atoms with Crippen LogP contribution in [0.5, 0.6) is 11.5 Å². The molecule has 30 heteroatoms. The number of nitrogen functional groups attached to an aromatic ring is 2. The first-order valence-corrected chi connectivity index (χ1v) is 29.2. The number of nitrogens with one attached hydrogen (secondary N) is 3. The summed E-state index contributed by atoms with van der Waals surface area (Å²) in [6.45, 7) is 0.229. The van der Waals surface area contributed by atoms with Gasteiger partial charge in [-0.1, -0.05) is 17.3 Å². The Labute approximate surface area is 476 Å². The maximum absolute atomic E-state index is 13.7. The van der Waals surface area contributed by atoms with Crippen LogP contribution in [0.25, 0.3) is 0 Å². The van der Waals surface area contributed by atoms with Crippen molar-refractivity contribution in [3.8, 4) is 11.5 Å². The van der Waals surface area contributed by atoms with Gasteiger partial charge in [-0.3, -0.25) is 28.2 Å². The van der Waals surface area contributed by atoms with Crippen molar-refractivity contribution in [3.63, 3.8) is 0 Å². The molecular formula is C53H67N10O18S2+. The highest BCUT2D eigenvalue weighted by atomic mass is 32.2. The van der Waals surface area contributed by atoms with Crippen LogP contribution in [0, 0.1) is 0 Å². The first-order valence-electron chi connectivity index (χ1n) is 26.3.